The van der Waals surface area contributed by atoms with Crippen LogP contribution in [0.1, 0.15) is 27.2 Å². The zero-order valence-electron chi connectivity index (χ0n) is 8.29. The summed E-state index contributed by atoms with van der Waals surface area (Å²) < 4.78 is 4.62. The zero-order valence-corrected chi connectivity index (χ0v) is 9.11. The summed E-state index contributed by atoms with van der Waals surface area (Å²) in [6.07, 6.45) is 1.17. The average molecular weight is 190 g/mol. The molecule has 2 atom stereocenters. The van der Waals surface area contributed by atoms with E-state index in [0.717, 1.165) is 5.75 Å². The van der Waals surface area contributed by atoms with Crippen molar-refractivity contribution in [2.24, 2.45) is 5.92 Å². The van der Waals surface area contributed by atoms with Crippen molar-refractivity contribution in [3.63, 3.8) is 0 Å². The molecule has 0 N–H and O–H groups in total. The molecule has 0 aliphatic carbocycles. The third kappa shape index (κ3) is 4.65. The van der Waals surface area contributed by atoms with Gasteiger partial charge in [-0.05, 0) is 18.6 Å². The van der Waals surface area contributed by atoms with Crippen molar-refractivity contribution in [1.29, 1.82) is 0 Å². The van der Waals surface area contributed by atoms with Crippen LogP contribution in [-0.2, 0) is 9.53 Å². The fourth-order valence-corrected chi connectivity index (χ4v) is 1.75. The van der Waals surface area contributed by atoms with E-state index in [1.54, 1.807) is 11.8 Å². The van der Waals surface area contributed by atoms with Gasteiger partial charge in [-0.3, -0.25) is 4.79 Å². The fourth-order valence-electron chi connectivity index (χ4n) is 0.660. The highest BCUT2D eigenvalue weighted by molar-refractivity contribution is 8.00. The van der Waals surface area contributed by atoms with Gasteiger partial charge in [-0.1, -0.05) is 20.3 Å². The first-order valence-corrected chi connectivity index (χ1v) is 5.36. The van der Waals surface area contributed by atoms with Crippen molar-refractivity contribution in [2.45, 2.75) is 32.4 Å². The second-order valence-corrected chi connectivity index (χ2v) is 4.39. The lowest BCUT2D eigenvalue weighted by atomic mass is 10.2. The lowest BCUT2D eigenvalue weighted by Crippen LogP contribution is -2.16. The van der Waals surface area contributed by atoms with Gasteiger partial charge in [-0.25, -0.2) is 0 Å². The van der Waals surface area contributed by atoms with Crippen LogP contribution in [0.5, 0.6) is 0 Å². The lowest BCUT2D eigenvalue weighted by Gasteiger charge is -2.11. The molecular weight excluding hydrogens is 172 g/mol. The van der Waals surface area contributed by atoms with E-state index >= 15 is 0 Å². The summed E-state index contributed by atoms with van der Waals surface area (Å²) in [5, 5.41) is -0.0241. The Balaban J connectivity index is 3.56. The maximum absolute atomic E-state index is 11.0. The Bertz CT molecular complexity index is 136. The van der Waals surface area contributed by atoms with Gasteiger partial charge >= 0.3 is 5.97 Å². The van der Waals surface area contributed by atoms with Gasteiger partial charge in [0.25, 0.3) is 0 Å². The van der Waals surface area contributed by atoms with Crippen molar-refractivity contribution >= 4 is 17.7 Å². The van der Waals surface area contributed by atoms with Crippen LogP contribution in [-0.4, -0.2) is 24.1 Å². The van der Waals surface area contributed by atoms with Crippen molar-refractivity contribution < 1.29 is 9.53 Å². The Hall–Kier alpha value is -0.180. The largest absolute Gasteiger partial charge is 0.468 e. The van der Waals surface area contributed by atoms with Gasteiger partial charge in [0.2, 0.25) is 0 Å². The number of hydrogen-bond donors (Lipinski definition) is 0. The van der Waals surface area contributed by atoms with E-state index in [2.05, 4.69) is 18.6 Å². The minimum Gasteiger partial charge on any atom is -0.468 e. The van der Waals surface area contributed by atoms with Gasteiger partial charge in [0.1, 0.15) is 0 Å². The van der Waals surface area contributed by atoms with Gasteiger partial charge in [0.05, 0.1) is 12.4 Å². The molecule has 0 fully saturated rings. The van der Waals surface area contributed by atoms with E-state index in [1.807, 2.05) is 6.92 Å². The molecule has 0 aromatic rings. The maximum atomic E-state index is 11.0. The van der Waals surface area contributed by atoms with E-state index in [1.165, 1.54) is 13.5 Å². The summed E-state index contributed by atoms with van der Waals surface area (Å²) in [4.78, 5) is 11.0. The predicted molar refractivity (Wildman–Crippen MR) is 53.4 cm³/mol. The first-order chi connectivity index (χ1) is 5.61. The molecule has 2 unspecified atom stereocenters. The monoisotopic (exact) mass is 190 g/mol. The summed E-state index contributed by atoms with van der Waals surface area (Å²) in [6, 6.07) is 0. The van der Waals surface area contributed by atoms with E-state index in [0.29, 0.717) is 5.92 Å². The van der Waals surface area contributed by atoms with Crippen molar-refractivity contribution in [1.82, 2.24) is 0 Å². The van der Waals surface area contributed by atoms with E-state index in [4.69, 9.17) is 0 Å². The standard InChI is InChI=1S/C9H18O2S/c1-5-7(2)6-12-8(3)9(10)11-4/h7-8H,5-6H2,1-4H3. The van der Waals surface area contributed by atoms with Crippen LogP contribution in [0.25, 0.3) is 0 Å². The molecule has 3 heteroatoms. The molecule has 0 aliphatic heterocycles. The molecular formula is C9H18O2S. The molecule has 0 heterocycles. The molecule has 0 rings (SSSR count). The molecule has 0 spiro atoms. The Morgan fingerprint density at radius 2 is 2.08 bits per heavy atom. The Morgan fingerprint density at radius 1 is 1.50 bits per heavy atom. The Morgan fingerprint density at radius 3 is 2.50 bits per heavy atom. The number of esters is 1. The molecule has 0 amide bonds. The smallest absolute Gasteiger partial charge is 0.318 e. The number of methoxy groups -OCH3 is 1. The molecule has 0 bridgehead atoms. The topological polar surface area (TPSA) is 26.3 Å². The summed E-state index contributed by atoms with van der Waals surface area (Å²) in [7, 11) is 1.43. The summed E-state index contributed by atoms with van der Waals surface area (Å²) in [5.74, 6) is 1.60. The number of ether oxygens (including phenoxy) is 1. The van der Waals surface area contributed by atoms with Crippen molar-refractivity contribution in [3.05, 3.63) is 0 Å². The molecule has 0 aliphatic rings. The van der Waals surface area contributed by atoms with Gasteiger partial charge in [-0.15, -0.1) is 11.8 Å². The number of hydrogen-bond acceptors (Lipinski definition) is 3. The molecule has 2 nitrogen and oxygen atoms in total. The van der Waals surface area contributed by atoms with E-state index in [-0.39, 0.29) is 11.2 Å². The minimum atomic E-state index is -0.122. The summed E-state index contributed by atoms with van der Waals surface area (Å²) in [6.45, 7) is 6.24. The molecule has 72 valence electrons. The first kappa shape index (κ1) is 11.8. The van der Waals surface area contributed by atoms with Crippen LogP contribution in [0, 0.1) is 5.92 Å². The van der Waals surface area contributed by atoms with Crippen LogP contribution in [0.2, 0.25) is 0 Å². The number of rotatable bonds is 5. The highest BCUT2D eigenvalue weighted by Crippen LogP contribution is 2.17. The van der Waals surface area contributed by atoms with Crippen LogP contribution in [0.3, 0.4) is 0 Å². The SMILES string of the molecule is CCC(C)CSC(C)C(=O)OC. The zero-order chi connectivity index (χ0) is 9.56. The summed E-state index contributed by atoms with van der Waals surface area (Å²) in [5.41, 5.74) is 0. The second kappa shape index (κ2) is 6.35. The second-order valence-electron chi connectivity index (χ2n) is 3.01. The number of thioether (sulfide) groups is 1. The third-order valence-corrected chi connectivity index (χ3v) is 3.31. The van der Waals surface area contributed by atoms with Gasteiger partial charge in [0, 0.05) is 0 Å². The van der Waals surface area contributed by atoms with E-state index in [9.17, 15) is 4.79 Å². The molecule has 0 saturated heterocycles. The molecule has 0 aromatic carbocycles. The normalized spacial score (nSPS) is 15.3. The van der Waals surface area contributed by atoms with Crippen molar-refractivity contribution in [2.75, 3.05) is 12.9 Å². The van der Waals surface area contributed by atoms with E-state index < -0.39 is 0 Å². The van der Waals surface area contributed by atoms with Gasteiger partial charge in [0.15, 0.2) is 0 Å². The molecule has 12 heavy (non-hydrogen) atoms. The summed E-state index contributed by atoms with van der Waals surface area (Å²) >= 11 is 1.67. The Labute approximate surface area is 79.1 Å². The first-order valence-electron chi connectivity index (χ1n) is 4.31. The highest BCUT2D eigenvalue weighted by atomic mass is 32.2. The van der Waals surface area contributed by atoms with Crippen LogP contribution in [0.15, 0.2) is 0 Å². The molecule has 0 saturated carbocycles. The van der Waals surface area contributed by atoms with Crippen LogP contribution < -0.4 is 0 Å². The lowest BCUT2D eigenvalue weighted by molar-refractivity contribution is -0.139. The number of carbonyl (C=O) groups excluding carboxylic acids is 1. The molecule has 0 aromatic heterocycles. The van der Waals surface area contributed by atoms with Gasteiger partial charge < -0.3 is 4.74 Å². The predicted octanol–water partition coefficient (Wildman–Crippen LogP) is 2.33. The highest BCUT2D eigenvalue weighted by Gasteiger charge is 2.13. The quantitative estimate of drug-likeness (QED) is 0.622. The van der Waals surface area contributed by atoms with Crippen LogP contribution in [0.4, 0.5) is 0 Å². The fraction of sp³-hybridized carbons (Fsp3) is 0.889. The van der Waals surface area contributed by atoms with Gasteiger partial charge in [-0.2, -0.15) is 0 Å². The number of carbonyl (C=O) groups is 1. The third-order valence-electron chi connectivity index (χ3n) is 1.86. The van der Waals surface area contributed by atoms with Crippen molar-refractivity contribution in [3.8, 4) is 0 Å². The molecule has 0 radical (unpaired) electrons. The minimum absolute atomic E-state index is 0.0241. The van der Waals surface area contributed by atoms with Crippen LogP contribution >= 0.6 is 11.8 Å². The average Bonchev–Trinajstić information content (AvgIpc) is 2.11. The Kier molecular flexibility index (Phi) is 6.25. The maximum Gasteiger partial charge on any atom is 0.318 e.